The maximum absolute atomic E-state index is 11.3. The smallest absolute Gasteiger partial charge is 0.325 e. The van der Waals surface area contributed by atoms with Crippen LogP contribution in [0.15, 0.2) is 6.33 Å². The van der Waals surface area contributed by atoms with Crippen LogP contribution in [0.25, 0.3) is 11.2 Å². The van der Waals surface area contributed by atoms with E-state index in [2.05, 4.69) is 19.7 Å². The Bertz CT molecular complexity index is 625. The fourth-order valence-electron chi connectivity index (χ4n) is 1.84. The van der Waals surface area contributed by atoms with Gasteiger partial charge < -0.3 is 14.4 Å². The third kappa shape index (κ3) is 2.49. The van der Waals surface area contributed by atoms with E-state index in [0.29, 0.717) is 29.6 Å². The quantitative estimate of drug-likeness (QED) is 0.731. The Labute approximate surface area is 116 Å². The van der Waals surface area contributed by atoms with Crippen molar-refractivity contribution in [1.29, 1.82) is 0 Å². The van der Waals surface area contributed by atoms with E-state index in [1.807, 2.05) is 14.0 Å². The van der Waals surface area contributed by atoms with E-state index < -0.39 is 0 Å². The molecule has 0 unspecified atom stereocenters. The van der Waals surface area contributed by atoms with E-state index in [1.165, 1.54) is 13.4 Å². The molecule has 0 aliphatic carbocycles. The number of aromatic nitrogens is 4. The Morgan fingerprint density at radius 3 is 2.85 bits per heavy atom. The molecule has 0 atom stereocenters. The van der Waals surface area contributed by atoms with Gasteiger partial charge in [-0.05, 0) is 6.92 Å². The summed E-state index contributed by atoms with van der Waals surface area (Å²) in [5.74, 6) is 0.210. The Kier molecular flexibility index (Phi) is 4.02. The van der Waals surface area contributed by atoms with Gasteiger partial charge in [0.15, 0.2) is 17.0 Å². The normalized spacial score (nSPS) is 10.6. The molecule has 20 heavy (non-hydrogen) atoms. The first-order chi connectivity index (χ1) is 9.58. The maximum Gasteiger partial charge on any atom is 0.325 e. The van der Waals surface area contributed by atoms with Gasteiger partial charge in [0.1, 0.15) is 12.9 Å². The summed E-state index contributed by atoms with van der Waals surface area (Å²) in [6.45, 7) is 2.48. The number of methoxy groups -OCH3 is 1. The molecule has 0 radical (unpaired) electrons. The second-order valence-electron chi connectivity index (χ2n) is 4.19. The van der Waals surface area contributed by atoms with Crippen LogP contribution < -0.4 is 9.64 Å². The summed E-state index contributed by atoms with van der Waals surface area (Å²) < 4.78 is 11.8. The molecule has 2 heterocycles. The minimum absolute atomic E-state index is 0.0865. The molecule has 0 N–H and O–H groups in total. The molecule has 2 rings (SSSR count). The fraction of sp³-hybridized carbons (Fsp3) is 0.500. The Morgan fingerprint density at radius 2 is 2.20 bits per heavy atom. The maximum atomic E-state index is 11.3. The fourth-order valence-corrected chi connectivity index (χ4v) is 1.84. The van der Waals surface area contributed by atoms with Gasteiger partial charge in [-0.25, -0.2) is 9.97 Å². The first-order valence-electron chi connectivity index (χ1n) is 6.16. The molecule has 0 fully saturated rings. The van der Waals surface area contributed by atoms with E-state index in [9.17, 15) is 4.79 Å². The number of rotatable bonds is 5. The molecule has 0 aliphatic rings. The second-order valence-corrected chi connectivity index (χ2v) is 4.19. The van der Waals surface area contributed by atoms with E-state index in [0.717, 1.165) is 0 Å². The van der Waals surface area contributed by atoms with Gasteiger partial charge in [0.2, 0.25) is 0 Å². The van der Waals surface area contributed by atoms with Crippen LogP contribution >= 0.6 is 0 Å². The topological polar surface area (TPSA) is 82.4 Å². The number of hydrogen-bond acceptors (Lipinski definition) is 7. The van der Waals surface area contributed by atoms with Crippen LogP contribution in [-0.4, -0.2) is 52.8 Å². The number of carbonyl (C=O) groups excluding carboxylic acids is 1. The van der Waals surface area contributed by atoms with Crippen LogP contribution in [0.3, 0.4) is 0 Å². The minimum atomic E-state index is -0.347. The highest BCUT2D eigenvalue weighted by Gasteiger charge is 2.18. The molecule has 0 spiro atoms. The SMILES string of the molecule is CCOc1nc2c(N(C)CC(=O)OC)ncnc2n1C. The van der Waals surface area contributed by atoms with Gasteiger partial charge in [0, 0.05) is 14.1 Å². The summed E-state index contributed by atoms with van der Waals surface area (Å²) in [4.78, 5) is 25.8. The minimum Gasteiger partial charge on any atom is -0.468 e. The van der Waals surface area contributed by atoms with Gasteiger partial charge >= 0.3 is 5.97 Å². The molecule has 0 aliphatic heterocycles. The lowest BCUT2D eigenvalue weighted by atomic mass is 10.4. The van der Waals surface area contributed by atoms with Gasteiger partial charge in [-0.2, -0.15) is 4.98 Å². The zero-order valence-electron chi connectivity index (χ0n) is 12.0. The Hall–Kier alpha value is -2.38. The van der Waals surface area contributed by atoms with Crippen LogP contribution in [-0.2, 0) is 16.6 Å². The van der Waals surface area contributed by atoms with Crippen LogP contribution in [0.2, 0.25) is 0 Å². The number of likely N-dealkylation sites (N-methyl/N-ethyl adjacent to an activating group) is 1. The molecule has 2 aromatic heterocycles. The van der Waals surface area contributed by atoms with Crippen molar-refractivity contribution in [3.05, 3.63) is 6.33 Å². The average Bonchev–Trinajstić information content (AvgIpc) is 2.76. The molecule has 0 saturated carbocycles. The number of hydrogen-bond donors (Lipinski definition) is 0. The molecule has 8 heteroatoms. The molecule has 0 bridgehead atoms. The van der Waals surface area contributed by atoms with Crippen molar-refractivity contribution in [1.82, 2.24) is 19.5 Å². The molecule has 108 valence electrons. The zero-order chi connectivity index (χ0) is 14.7. The lowest BCUT2D eigenvalue weighted by Gasteiger charge is -2.16. The van der Waals surface area contributed by atoms with Gasteiger partial charge in [0.25, 0.3) is 6.01 Å². The van der Waals surface area contributed by atoms with Gasteiger partial charge in [-0.3, -0.25) is 9.36 Å². The van der Waals surface area contributed by atoms with Gasteiger partial charge in [0.05, 0.1) is 13.7 Å². The predicted molar refractivity (Wildman–Crippen MR) is 72.8 cm³/mol. The number of aryl methyl sites for hydroxylation is 1. The highest BCUT2D eigenvalue weighted by molar-refractivity contribution is 5.86. The molecule has 2 aromatic rings. The van der Waals surface area contributed by atoms with E-state index in [-0.39, 0.29) is 12.5 Å². The number of esters is 1. The predicted octanol–water partition coefficient (Wildman–Crippen LogP) is 0.371. The number of ether oxygens (including phenoxy) is 2. The van der Waals surface area contributed by atoms with Crippen molar-refractivity contribution in [3.63, 3.8) is 0 Å². The number of carbonyl (C=O) groups is 1. The van der Waals surface area contributed by atoms with Crippen molar-refractivity contribution in [2.24, 2.45) is 7.05 Å². The van der Waals surface area contributed by atoms with Crippen molar-refractivity contribution >= 4 is 23.0 Å². The summed E-state index contributed by atoms with van der Waals surface area (Å²) in [6, 6.07) is 0.468. The largest absolute Gasteiger partial charge is 0.468 e. The van der Waals surface area contributed by atoms with Crippen molar-refractivity contribution in [3.8, 4) is 6.01 Å². The first kappa shape index (κ1) is 14.0. The highest BCUT2D eigenvalue weighted by atomic mass is 16.5. The number of fused-ring (bicyclic) bond motifs is 1. The van der Waals surface area contributed by atoms with Crippen LogP contribution in [0.4, 0.5) is 5.82 Å². The third-order valence-corrected chi connectivity index (χ3v) is 2.82. The van der Waals surface area contributed by atoms with Crippen LogP contribution in [0, 0.1) is 0 Å². The average molecular weight is 279 g/mol. The number of anilines is 1. The van der Waals surface area contributed by atoms with Gasteiger partial charge in [-0.1, -0.05) is 0 Å². The molecule has 0 amide bonds. The summed E-state index contributed by atoms with van der Waals surface area (Å²) >= 11 is 0. The Balaban J connectivity index is 2.43. The standard InChI is InChI=1S/C12H17N5O3/c1-5-20-12-15-9-10(16(2)6-8(18)19-4)13-7-14-11(9)17(12)3/h7H,5-6H2,1-4H3. The number of imidazole rings is 1. The monoisotopic (exact) mass is 279 g/mol. The second kappa shape index (κ2) is 5.72. The molecule has 0 aromatic carbocycles. The van der Waals surface area contributed by atoms with Crippen LogP contribution in [0.5, 0.6) is 6.01 Å². The molecular formula is C12H17N5O3. The van der Waals surface area contributed by atoms with E-state index >= 15 is 0 Å². The third-order valence-electron chi connectivity index (χ3n) is 2.82. The number of nitrogens with zero attached hydrogens (tertiary/aromatic N) is 5. The van der Waals surface area contributed by atoms with Crippen molar-refractivity contribution in [2.45, 2.75) is 6.92 Å². The van der Waals surface area contributed by atoms with Crippen molar-refractivity contribution in [2.75, 3.05) is 32.2 Å². The molecule has 8 nitrogen and oxygen atoms in total. The lowest BCUT2D eigenvalue weighted by Crippen LogP contribution is -2.27. The zero-order valence-corrected chi connectivity index (χ0v) is 12.0. The summed E-state index contributed by atoms with van der Waals surface area (Å²) in [5, 5.41) is 0. The highest BCUT2D eigenvalue weighted by Crippen LogP contribution is 2.24. The molecular weight excluding hydrogens is 262 g/mol. The lowest BCUT2D eigenvalue weighted by molar-refractivity contribution is -0.138. The van der Waals surface area contributed by atoms with E-state index in [4.69, 9.17) is 4.74 Å². The first-order valence-corrected chi connectivity index (χ1v) is 6.16. The summed E-state index contributed by atoms with van der Waals surface area (Å²) in [7, 11) is 4.91. The Morgan fingerprint density at radius 1 is 1.45 bits per heavy atom. The van der Waals surface area contributed by atoms with Crippen molar-refractivity contribution < 1.29 is 14.3 Å². The van der Waals surface area contributed by atoms with Gasteiger partial charge in [-0.15, -0.1) is 0 Å². The summed E-state index contributed by atoms with van der Waals surface area (Å²) in [5.41, 5.74) is 1.24. The molecule has 0 saturated heterocycles. The van der Waals surface area contributed by atoms with E-state index in [1.54, 1.807) is 16.5 Å². The summed E-state index contributed by atoms with van der Waals surface area (Å²) in [6.07, 6.45) is 1.43. The van der Waals surface area contributed by atoms with Crippen LogP contribution in [0.1, 0.15) is 6.92 Å².